The van der Waals surface area contributed by atoms with Crippen molar-refractivity contribution in [3.8, 4) is 0 Å². The molecule has 0 aromatic carbocycles. The topological polar surface area (TPSA) is 0 Å². The molecule has 0 atom stereocenters. The third-order valence-corrected chi connectivity index (χ3v) is 2.98. The van der Waals surface area contributed by atoms with Crippen molar-refractivity contribution in [2.24, 2.45) is 0 Å². The molecule has 0 heterocycles. The molecule has 0 bridgehead atoms. The maximum atomic E-state index is 2.45. The van der Waals surface area contributed by atoms with Crippen LogP contribution in [-0.4, -0.2) is 0 Å². The summed E-state index contributed by atoms with van der Waals surface area (Å²) in [5, 5.41) is 0. The molecule has 1 aliphatic carbocycles. The van der Waals surface area contributed by atoms with Crippen molar-refractivity contribution in [1.29, 1.82) is 0 Å². The average Bonchev–Trinajstić information content (AvgIpc) is 2.02. The molecule has 0 N–H and O–H groups in total. The van der Waals surface area contributed by atoms with Crippen LogP contribution in [0.3, 0.4) is 0 Å². The van der Waals surface area contributed by atoms with Gasteiger partial charge >= 0.3 is 87.0 Å². The summed E-state index contributed by atoms with van der Waals surface area (Å²) in [4.78, 5) is 1.30. The SMILES string of the molecule is [Pt][CH2]CC/C1=C/CC/C=C\CC1. The first-order valence-corrected chi connectivity index (χ1v) is 6.38. The molecule has 1 aliphatic rings. The van der Waals surface area contributed by atoms with Crippen LogP contribution in [-0.2, 0) is 19.8 Å². The number of hydrogen-bond acceptors (Lipinski definition) is 0. The van der Waals surface area contributed by atoms with Gasteiger partial charge in [-0.2, -0.15) is 0 Å². The Kier molecular flexibility index (Phi) is 5.69. The van der Waals surface area contributed by atoms with Gasteiger partial charge in [0.15, 0.2) is 0 Å². The Morgan fingerprint density at radius 1 is 1.17 bits per heavy atom. The van der Waals surface area contributed by atoms with Crippen molar-refractivity contribution in [2.75, 3.05) is 0 Å². The summed E-state index contributed by atoms with van der Waals surface area (Å²) in [6.45, 7) is 0. The molecule has 12 heavy (non-hydrogen) atoms. The minimum atomic E-state index is 1.24. The van der Waals surface area contributed by atoms with Crippen LogP contribution in [0, 0.1) is 0 Å². The van der Waals surface area contributed by atoms with Crippen molar-refractivity contribution in [3.05, 3.63) is 23.8 Å². The number of allylic oxidation sites excluding steroid dienone is 4. The van der Waals surface area contributed by atoms with Crippen LogP contribution in [0.25, 0.3) is 0 Å². The summed E-state index contributed by atoms with van der Waals surface area (Å²) in [5.74, 6) is 0. The van der Waals surface area contributed by atoms with Gasteiger partial charge in [-0.1, -0.05) is 0 Å². The van der Waals surface area contributed by atoms with Gasteiger partial charge in [-0.25, -0.2) is 0 Å². The second kappa shape index (κ2) is 6.66. The van der Waals surface area contributed by atoms with E-state index in [4.69, 9.17) is 0 Å². The number of hydrogen-bond donors (Lipinski definition) is 0. The molecule has 1 rings (SSSR count). The first-order valence-electron chi connectivity index (χ1n) is 4.78. The zero-order chi connectivity index (χ0) is 8.65. The van der Waals surface area contributed by atoms with E-state index in [0.29, 0.717) is 0 Å². The predicted octanol–water partition coefficient (Wildman–Crippen LogP) is 3.79. The van der Waals surface area contributed by atoms with E-state index in [1.807, 2.05) is 0 Å². The van der Waals surface area contributed by atoms with Crippen LogP contribution in [0.1, 0.15) is 38.5 Å². The molecule has 0 saturated carbocycles. The van der Waals surface area contributed by atoms with Crippen molar-refractivity contribution in [3.63, 3.8) is 0 Å². The van der Waals surface area contributed by atoms with Gasteiger partial charge in [0.05, 0.1) is 0 Å². The fraction of sp³-hybridized carbons (Fsp3) is 0.636. The zero-order valence-corrected chi connectivity index (χ0v) is 9.77. The van der Waals surface area contributed by atoms with Crippen LogP contribution in [0.4, 0.5) is 0 Å². The Bertz CT molecular complexity index is 168. The van der Waals surface area contributed by atoms with Crippen molar-refractivity contribution in [1.82, 2.24) is 0 Å². The van der Waals surface area contributed by atoms with Crippen molar-refractivity contribution < 1.29 is 19.8 Å². The predicted molar refractivity (Wildman–Crippen MR) is 49.7 cm³/mol. The summed E-state index contributed by atoms with van der Waals surface area (Å²) in [7, 11) is 0. The molecule has 0 aromatic heterocycles. The maximum absolute atomic E-state index is 2.45. The second-order valence-electron chi connectivity index (χ2n) is 3.21. The minimum absolute atomic E-state index is 1.24. The van der Waals surface area contributed by atoms with E-state index in [1.54, 1.807) is 5.57 Å². The average molecular weight is 344 g/mol. The molecule has 0 radical (unpaired) electrons. The molecular weight excluding hydrogens is 327 g/mol. The van der Waals surface area contributed by atoms with Crippen LogP contribution >= 0.6 is 0 Å². The Hall–Kier alpha value is 0.168. The van der Waals surface area contributed by atoms with Crippen LogP contribution in [0.5, 0.6) is 0 Å². The van der Waals surface area contributed by atoms with E-state index < -0.39 is 0 Å². The molecule has 0 spiro atoms. The summed E-state index contributed by atoms with van der Waals surface area (Å²) in [6, 6.07) is 0. The van der Waals surface area contributed by atoms with Crippen LogP contribution in [0.2, 0.25) is 4.81 Å². The molecule has 0 aromatic rings. The molecule has 0 saturated heterocycles. The molecule has 71 valence electrons. The molecule has 0 nitrogen and oxygen atoms in total. The van der Waals surface area contributed by atoms with Crippen LogP contribution in [0.15, 0.2) is 23.8 Å². The third kappa shape index (κ3) is 4.26. The standard InChI is InChI=1S/C11H17.Pt/c1-2-8-11-9-6-4-3-5-7-10-11;/h3-4,10H,1-2,5-9H2;/b4-3-,11-10-;. The summed E-state index contributed by atoms with van der Waals surface area (Å²) in [5.41, 5.74) is 1.69. The van der Waals surface area contributed by atoms with Crippen LogP contribution < -0.4 is 0 Å². The normalized spacial score (nSPS) is 25.3. The fourth-order valence-corrected chi connectivity index (χ4v) is 1.90. The van der Waals surface area contributed by atoms with Gasteiger partial charge in [0.2, 0.25) is 0 Å². The van der Waals surface area contributed by atoms with Gasteiger partial charge in [-0.15, -0.1) is 0 Å². The van der Waals surface area contributed by atoms with E-state index in [0.717, 1.165) is 0 Å². The zero-order valence-electron chi connectivity index (χ0n) is 7.50. The van der Waals surface area contributed by atoms with E-state index in [2.05, 4.69) is 38.0 Å². The molecule has 1 heteroatoms. The van der Waals surface area contributed by atoms with Crippen molar-refractivity contribution >= 4 is 0 Å². The molecule has 0 fully saturated rings. The second-order valence-corrected chi connectivity index (χ2v) is 4.35. The van der Waals surface area contributed by atoms with Gasteiger partial charge < -0.3 is 0 Å². The van der Waals surface area contributed by atoms with Crippen molar-refractivity contribution in [2.45, 2.75) is 43.3 Å². The molecule has 0 amide bonds. The van der Waals surface area contributed by atoms with E-state index in [-0.39, 0.29) is 0 Å². The summed E-state index contributed by atoms with van der Waals surface area (Å²) >= 11 is 2.45. The summed E-state index contributed by atoms with van der Waals surface area (Å²) < 4.78 is 0. The van der Waals surface area contributed by atoms with Gasteiger partial charge in [0, 0.05) is 0 Å². The van der Waals surface area contributed by atoms with Gasteiger partial charge in [-0.05, 0) is 0 Å². The number of rotatable bonds is 3. The Morgan fingerprint density at radius 3 is 2.83 bits per heavy atom. The van der Waals surface area contributed by atoms with Gasteiger partial charge in [-0.3, -0.25) is 0 Å². The Balaban J connectivity index is 2.29. The van der Waals surface area contributed by atoms with E-state index in [9.17, 15) is 0 Å². The Labute approximate surface area is 87.0 Å². The summed E-state index contributed by atoms with van der Waals surface area (Å²) in [6.07, 6.45) is 14.8. The first-order chi connectivity index (χ1) is 5.93. The molecular formula is C11H17Pt. The van der Waals surface area contributed by atoms with E-state index in [1.165, 1.54) is 43.3 Å². The van der Waals surface area contributed by atoms with Gasteiger partial charge in [0.1, 0.15) is 0 Å². The first kappa shape index (κ1) is 10.3. The fourth-order valence-electron chi connectivity index (χ4n) is 1.50. The molecule has 0 unspecified atom stereocenters. The monoisotopic (exact) mass is 344 g/mol. The van der Waals surface area contributed by atoms with E-state index >= 15 is 0 Å². The Morgan fingerprint density at radius 2 is 2.00 bits per heavy atom. The quantitative estimate of drug-likeness (QED) is 0.684. The van der Waals surface area contributed by atoms with Gasteiger partial charge in [0.25, 0.3) is 0 Å². The third-order valence-electron chi connectivity index (χ3n) is 2.17. The molecule has 0 aliphatic heterocycles.